The number of rotatable bonds is 6. The van der Waals surface area contributed by atoms with Gasteiger partial charge in [0.15, 0.2) is 5.82 Å². The normalized spacial score (nSPS) is 11.7. The zero-order chi connectivity index (χ0) is 18.4. The van der Waals surface area contributed by atoms with E-state index in [1.54, 1.807) is 6.07 Å². The highest BCUT2D eigenvalue weighted by Gasteiger charge is 2.40. The van der Waals surface area contributed by atoms with Crippen molar-refractivity contribution in [1.82, 2.24) is 9.97 Å². The Morgan fingerprint density at radius 2 is 1.88 bits per heavy atom. The molecule has 1 aromatic carbocycles. The fourth-order valence-electron chi connectivity index (χ4n) is 2.18. The Morgan fingerprint density at radius 3 is 2.44 bits per heavy atom. The molecule has 132 valence electrons. The molecule has 0 unspecified atom stereocenters. The van der Waals surface area contributed by atoms with E-state index < -0.39 is 17.5 Å². The van der Waals surface area contributed by atoms with Gasteiger partial charge in [0.25, 0.3) is 5.78 Å². The monoisotopic (exact) mass is 351 g/mol. The Morgan fingerprint density at radius 1 is 1.16 bits per heavy atom. The third-order valence-electron chi connectivity index (χ3n) is 3.42. The fourth-order valence-corrected chi connectivity index (χ4v) is 2.18. The van der Waals surface area contributed by atoms with Crippen molar-refractivity contribution < 1.29 is 18.0 Å². The lowest BCUT2D eigenvalue weighted by Crippen LogP contribution is -2.25. The molecule has 0 bridgehead atoms. The highest BCUT2D eigenvalue weighted by atomic mass is 19.4. The van der Waals surface area contributed by atoms with Gasteiger partial charge in [-0.05, 0) is 32.0 Å². The first kappa shape index (κ1) is 18.5. The summed E-state index contributed by atoms with van der Waals surface area (Å²) in [7, 11) is 0. The van der Waals surface area contributed by atoms with Gasteiger partial charge in [0.2, 0.25) is 0 Å². The molecule has 9 heteroatoms. The van der Waals surface area contributed by atoms with Gasteiger partial charge in [-0.2, -0.15) is 13.2 Å². The summed E-state index contributed by atoms with van der Waals surface area (Å²) in [5.41, 5.74) is -0.218. The van der Waals surface area contributed by atoms with Crippen molar-refractivity contribution in [2.75, 3.05) is 18.0 Å². The first-order chi connectivity index (χ1) is 11.9. The smallest absolute Gasteiger partial charge is 0.372 e. The molecule has 0 fully saturated rings. The van der Waals surface area contributed by atoms with Crippen molar-refractivity contribution in [2.24, 2.45) is 10.2 Å². The minimum atomic E-state index is -5.00. The van der Waals surface area contributed by atoms with Crippen LogP contribution < -0.4 is 4.90 Å². The molecule has 0 amide bonds. The summed E-state index contributed by atoms with van der Waals surface area (Å²) in [6.45, 7) is 4.93. The van der Waals surface area contributed by atoms with Gasteiger partial charge in [0.1, 0.15) is 0 Å². The van der Waals surface area contributed by atoms with E-state index in [4.69, 9.17) is 0 Å². The number of Topliss-reactive ketones (excluding diaryl/α,β-unsaturated/α-hetero) is 1. The molecule has 0 aliphatic rings. The van der Waals surface area contributed by atoms with Crippen LogP contribution in [0, 0.1) is 0 Å². The Balaban J connectivity index is 2.47. The second kappa shape index (κ2) is 7.82. The summed E-state index contributed by atoms with van der Waals surface area (Å²) in [5, 5.41) is 7.48. The molecule has 0 atom stereocenters. The van der Waals surface area contributed by atoms with Crippen molar-refractivity contribution in [3.05, 3.63) is 42.4 Å². The van der Waals surface area contributed by atoms with Crippen molar-refractivity contribution in [2.45, 2.75) is 20.0 Å². The number of carbonyl (C=O) groups is 1. The molecule has 25 heavy (non-hydrogen) atoms. The number of carbonyl (C=O) groups excluding carboxylic acids is 1. The molecule has 2 rings (SSSR count). The molecule has 0 saturated heterocycles. The molecule has 2 aromatic rings. The molecule has 0 N–H and O–H groups in total. The number of azo groups is 1. The maximum absolute atomic E-state index is 12.9. The lowest BCUT2D eigenvalue weighted by molar-refractivity contribution is -0.0884. The second-order valence-electron chi connectivity index (χ2n) is 4.96. The molecule has 0 radical (unpaired) electrons. The van der Waals surface area contributed by atoms with Crippen LogP contribution in [0.15, 0.2) is 47.0 Å². The van der Waals surface area contributed by atoms with E-state index in [2.05, 4.69) is 20.2 Å². The summed E-state index contributed by atoms with van der Waals surface area (Å²) >= 11 is 0. The summed E-state index contributed by atoms with van der Waals surface area (Å²) in [5.74, 6) is -1.84. The number of benzene rings is 1. The zero-order valence-electron chi connectivity index (χ0n) is 13.7. The predicted octanol–water partition coefficient (Wildman–Crippen LogP) is 4.48. The van der Waals surface area contributed by atoms with E-state index in [0.717, 1.165) is 0 Å². The second-order valence-corrected chi connectivity index (χ2v) is 4.96. The van der Waals surface area contributed by atoms with Gasteiger partial charge in [0, 0.05) is 31.2 Å². The van der Waals surface area contributed by atoms with Gasteiger partial charge in [-0.15, -0.1) is 10.2 Å². The van der Waals surface area contributed by atoms with Gasteiger partial charge < -0.3 is 4.90 Å². The van der Waals surface area contributed by atoms with Crippen LogP contribution in [0.2, 0.25) is 0 Å². The molecule has 0 saturated carbocycles. The lowest BCUT2D eigenvalue weighted by Gasteiger charge is -2.22. The van der Waals surface area contributed by atoms with Crippen LogP contribution in [0.1, 0.15) is 24.2 Å². The van der Waals surface area contributed by atoms with Crippen LogP contribution in [-0.2, 0) is 0 Å². The van der Waals surface area contributed by atoms with Gasteiger partial charge in [-0.25, -0.2) is 4.98 Å². The first-order valence-electron chi connectivity index (χ1n) is 7.55. The Kier molecular flexibility index (Phi) is 5.79. The quantitative estimate of drug-likeness (QED) is 0.568. The van der Waals surface area contributed by atoms with E-state index in [0.29, 0.717) is 18.8 Å². The van der Waals surface area contributed by atoms with Crippen molar-refractivity contribution in [3.63, 3.8) is 0 Å². The summed E-state index contributed by atoms with van der Waals surface area (Å²) < 4.78 is 38.8. The van der Waals surface area contributed by atoms with Crippen LogP contribution in [0.5, 0.6) is 0 Å². The minimum Gasteiger partial charge on any atom is -0.372 e. The molecule has 1 heterocycles. The third-order valence-corrected chi connectivity index (χ3v) is 3.42. The van der Waals surface area contributed by atoms with E-state index >= 15 is 0 Å². The van der Waals surface area contributed by atoms with Crippen LogP contribution in [0.25, 0.3) is 0 Å². The summed E-state index contributed by atoms with van der Waals surface area (Å²) in [4.78, 5) is 21.2. The SMILES string of the molecule is CCN(CC)c1ccc(N=Nc2cnccn2)c(C(=O)C(F)(F)F)c1. The number of aromatic nitrogens is 2. The summed E-state index contributed by atoms with van der Waals surface area (Å²) in [6.07, 6.45) is -0.895. The van der Waals surface area contributed by atoms with Crippen LogP contribution in [0.3, 0.4) is 0 Å². The van der Waals surface area contributed by atoms with E-state index in [1.807, 2.05) is 18.7 Å². The van der Waals surface area contributed by atoms with E-state index in [1.165, 1.54) is 30.7 Å². The topological polar surface area (TPSA) is 70.8 Å². The maximum atomic E-state index is 12.9. The molecule has 6 nitrogen and oxygen atoms in total. The standard InChI is InChI=1S/C16H16F3N5O/c1-3-24(4-2)11-5-6-13(12(9-11)15(25)16(17,18)19)22-23-14-10-20-7-8-21-14/h5-10H,3-4H2,1-2H3. The molecule has 0 aliphatic carbocycles. The highest BCUT2D eigenvalue weighted by molar-refractivity contribution is 6.05. The van der Waals surface area contributed by atoms with Crippen molar-refractivity contribution in [1.29, 1.82) is 0 Å². The molecular formula is C16H16F3N5O. The number of alkyl halides is 3. The zero-order valence-corrected chi connectivity index (χ0v) is 13.7. The number of ketones is 1. The number of hydrogen-bond acceptors (Lipinski definition) is 6. The van der Waals surface area contributed by atoms with Gasteiger partial charge in [-0.3, -0.25) is 9.78 Å². The third kappa shape index (κ3) is 4.59. The van der Waals surface area contributed by atoms with Crippen molar-refractivity contribution in [3.8, 4) is 0 Å². The average Bonchev–Trinajstić information content (AvgIpc) is 2.61. The number of halogens is 3. The highest BCUT2D eigenvalue weighted by Crippen LogP contribution is 2.32. The maximum Gasteiger partial charge on any atom is 0.454 e. The largest absolute Gasteiger partial charge is 0.454 e. The van der Waals surface area contributed by atoms with E-state index in [-0.39, 0.29) is 11.5 Å². The first-order valence-corrected chi connectivity index (χ1v) is 7.55. The Bertz CT molecular complexity index is 758. The number of nitrogens with zero attached hydrogens (tertiary/aromatic N) is 5. The van der Waals surface area contributed by atoms with Crippen LogP contribution in [-0.4, -0.2) is 35.0 Å². The Labute approximate surface area is 142 Å². The lowest BCUT2D eigenvalue weighted by atomic mass is 10.1. The van der Waals surface area contributed by atoms with Gasteiger partial charge in [-0.1, -0.05) is 0 Å². The van der Waals surface area contributed by atoms with Crippen LogP contribution >= 0.6 is 0 Å². The van der Waals surface area contributed by atoms with Gasteiger partial charge >= 0.3 is 6.18 Å². The van der Waals surface area contributed by atoms with Crippen molar-refractivity contribution >= 4 is 23.0 Å². The number of hydrogen-bond donors (Lipinski definition) is 0. The molecule has 1 aromatic heterocycles. The van der Waals surface area contributed by atoms with Gasteiger partial charge in [0.05, 0.1) is 17.4 Å². The predicted molar refractivity (Wildman–Crippen MR) is 86.6 cm³/mol. The number of anilines is 1. The van der Waals surface area contributed by atoms with E-state index in [9.17, 15) is 18.0 Å². The summed E-state index contributed by atoms with van der Waals surface area (Å²) in [6, 6.07) is 4.13. The Hall–Kier alpha value is -2.84. The molecular weight excluding hydrogens is 335 g/mol. The fraction of sp³-hybridized carbons (Fsp3) is 0.312. The molecule has 0 aliphatic heterocycles. The minimum absolute atomic E-state index is 0.126. The average molecular weight is 351 g/mol. The molecule has 0 spiro atoms. The van der Waals surface area contributed by atoms with Crippen LogP contribution in [0.4, 0.5) is 30.4 Å².